The number of hydrogen-bond acceptors (Lipinski definition) is 4. The van der Waals surface area contributed by atoms with E-state index in [4.69, 9.17) is 14.1 Å². The topological polar surface area (TPSA) is 48.4 Å². The summed E-state index contributed by atoms with van der Waals surface area (Å²) in [5, 5.41) is 0.117. The van der Waals surface area contributed by atoms with Crippen molar-refractivity contribution in [2.75, 3.05) is 13.2 Å². The largest absolute Gasteiger partial charge is 0.410 e. The normalized spacial score (nSPS) is 21.6. The number of rotatable bonds is 5. The molecule has 0 bridgehead atoms. The van der Waals surface area contributed by atoms with E-state index in [0.717, 1.165) is 48.1 Å². The van der Waals surface area contributed by atoms with Crippen LogP contribution in [0.15, 0.2) is 6.08 Å². The quantitative estimate of drug-likeness (QED) is 0.368. The van der Waals surface area contributed by atoms with Crippen LogP contribution in [-0.2, 0) is 15.6 Å². The minimum Gasteiger partial charge on any atom is -0.410 e. The number of fused-ring (bicyclic) bond motifs is 1. The minimum absolute atomic E-state index is 0.0363. The predicted octanol–water partition coefficient (Wildman–Crippen LogP) is 6.86. The summed E-state index contributed by atoms with van der Waals surface area (Å²) in [6.07, 6.45) is 5.83. The molecule has 3 rings (SSSR count). The third-order valence-electron chi connectivity index (χ3n) is 7.28. The van der Waals surface area contributed by atoms with E-state index in [9.17, 15) is 4.79 Å². The first-order valence-electron chi connectivity index (χ1n) is 11.7. The highest BCUT2D eigenvalue weighted by Crippen LogP contribution is 2.50. The van der Waals surface area contributed by atoms with E-state index in [1.54, 1.807) is 0 Å². The van der Waals surface area contributed by atoms with Gasteiger partial charge < -0.3 is 9.16 Å². The summed E-state index contributed by atoms with van der Waals surface area (Å²) in [6.45, 7) is 21.7. The van der Waals surface area contributed by atoms with Crippen LogP contribution in [0.4, 0.5) is 0 Å². The highest BCUT2D eigenvalue weighted by molar-refractivity contribution is 6.74. The Morgan fingerprint density at radius 2 is 1.97 bits per heavy atom. The second kappa shape index (κ2) is 8.57. The lowest BCUT2D eigenvalue weighted by molar-refractivity contribution is 0.105. The smallest absolute Gasteiger partial charge is 0.192 e. The van der Waals surface area contributed by atoms with Crippen molar-refractivity contribution in [1.82, 2.24) is 4.98 Å². The molecule has 0 unspecified atom stereocenters. The van der Waals surface area contributed by atoms with Crippen molar-refractivity contribution in [2.24, 2.45) is 5.41 Å². The minimum atomic E-state index is -2.02. The summed E-state index contributed by atoms with van der Waals surface area (Å²) in [7, 11) is -2.02. The number of pyridine rings is 1. The van der Waals surface area contributed by atoms with Gasteiger partial charge in [0.15, 0.2) is 14.6 Å². The Hall–Kier alpha value is -1.30. The van der Waals surface area contributed by atoms with Crippen LogP contribution in [0.3, 0.4) is 0 Å². The van der Waals surface area contributed by atoms with Crippen molar-refractivity contribution in [3.63, 3.8) is 0 Å². The van der Waals surface area contributed by atoms with Gasteiger partial charge in [-0.1, -0.05) is 54.5 Å². The molecule has 0 saturated heterocycles. The van der Waals surface area contributed by atoms with Gasteiger partial charge in [-0.15, -0.1) is 0 Å². The fourth-order valence-electron chi connectivity index (χ4n) is 4.59. The Kier molecular flexibility index (Phi) is 6.73. The molecular weight excluding hydrogens is 402 g/mol. The average molecular weight is 444 g/mol. The molecule has 0 fully saturated rings. The van der Waals surface area contributed by atoms with Crippen LogP contribution in [0, 0.1) is 5.41 Å². The Morgan fingerprint density at radius 3 is 2.48 bits per heavy atom. The molecule has 0 saturated carbocycles. The van der Waals surface area contributed by atoms with Gasteiger partial charge in [-0.2, -0.15) is 0 Å². The SMILES string of the molecule is CC(C)c1nc2c(c(C3=CCOCC3)c1C=O)[C@@H](O[Si](C)(C)C(C)(C)C)CC(C)(C)C2. The van der Waals surface area contributed by atoms with Crippen LogP contribution in [-0.4, -0.2) is 32.8 Å². The number of hydrogen-bond donors (Lipinski definition) is 0. The van der Waals surface area contributed by atoms with Gasteiger partial charge in [0.25, 0.3) is 0 Å². The summed E-state index contributed by atoms with van der Waals surface area (Å²) in [5.41, 5.74) is 6.38. The van der Waals surface area contributed by atoms with Crippen LogP contribution in [0.2, 0.25) is 18.1 Å². The van der Waals surface area contributed by atoms with Crippen molar-refractivity contribution in [3.05, 3.63) is 34.2 Å². The predicted molar refractivity (Wildman–Crippen MR) is 130 cm³/mol. The van der Waals surface area contributed by atoms with E-state index < -0.39 is 8.32 Å². The Labute approximate surface area is 190 Å². The number of carbonyl (C=O) groups is 1. The molecular formula is C26H41NO3Si. The fraction of sp³-hybridized carbons (Fsp3) is 0.692. The number of ether oxygens (including phenoxy) is 1. The van der Waals surface area contributed by atoms with E-state index in [2.05, 4.69) is 67.6 Å². The lowest BCUT2D eigenvalue weighted by atomic mass is 9.72. The highest BCUT2D eigenvalue weighted by Gasteiger charge is 2.44. The van der Waals surface area contributed by atoms with Gasteiger partial charge in [0.05, 0.1) is 25.0 Å². The van der Waals surface area contributed by atoms with E-state index in [-0.39, 0.29) is 22.5 Å². The first-order valence-corrected chi connectivity index (χ1v) is 14.6. The van der Waals surface area contributed by atoms with Crippen LogP contribution in [0.25, 0.3) is 5.57 Å². The maximum atomic E-state index is 12.4. The third kappa shape index (κ3) is 4.89. The van der Waals surface area contributed by atoms with Gasteiger partial charge in [0.1, 0.15) is 0 Å². The maximum Gasteiger partial charge on any atom is 0.192 e. The lowest BCUT2D eigenvalue weighted by Gasteiger charge is -2.45. The first-order chi connectivity index (χ1) is 14.3. The molecule has 0 radical (unpaired) electrons. The molecule has 2 aliphatic rings. The lowest BCUT2D eigenvalue weighted by Crippen LogP contribution is -2.44. The number of aldehydes is 1. The number of aromatic nitrogens is 1. The molecule has 0 spiro atoms. The van der Waals surface area contributed by atoms with Gasteiger partial charge in [0, 0.05) is 16.8 Å². The van der Waals surface area contributed by atoms with E-state index >= 15 is 0 Å². The van der Waals surface area contributed by atoms with Gasteiger partial charge >= 0.3 is 0 Å². The third-order valence-corrected chi connectivity index (χ3v) is 11.8. The molecule has 4 nitrogen and oxygen atoms in total. The fourth-order valence-corrected chi connectivity index (χ4v) is 5.85. The molecule has 0 amide bonds. The molecule has 1 aromatic rings. The molecule has 1 aliphatic heterocycles. The molecule has 2 heterocycles. The summed E-state index contributed by atoms with van der Waals surface area (Å²) in [4.78, 5) is 17.6. The van der Waals surface area contributed by atoms with Crippen molar-refractivity contribution in [2.45, 2.75) is 97.9 Å². The van der Waals surface area contributed by atoms with E-state index in [0.29, 0.717) is 13.2 Å². The van der Waals surface area contributed by atoms with Crippen LogP contribution < -0.4 is 0 Å². The van der Waals surface area contributed by atoms with Gasteiger partial charge in [-0.25, -0.2) is 0 Å². The average Bonchev–Trinajstić information content (AvgIpc) is 2.65. The van der Waals surface area contributed by atoms with Gasteiger partial charge in [0.2, 0.25) is 0 Å². The van der Waals surface area contributed by atoms with Crippen molar-refractivity contribution in [1.29, 1.82) is 0 Å². The molecule has 5 heteroatoms. The number of carbonyl (C=O) groups excluding carboxylic acids is 1. The van der Waals surface area contributed by atoms with Crippen LogP contribution in [0.5, 0.6) is 0 Å². The van der Waals surface area contributed by atoms with Gasteiger partial charge in [-0.3, -0.25) is 9.78 Å². The zero-order valence-corrected chi connectivity index (χ0v) is 22.0. The van der Waals surface area contributed by atoms with Crippen LogP contribution >= 0.6 is 0 Å². The molecule has 1 aromatic heterocycles. The van der Waals surface area contributed by atoms with Gasteiger partial charge in [-0.05, 0) is 59.9 Å². The zero-order chi connectivity index (χ0) is 23.2. The molecule has 31 heavy (non-hydrogen) atoms. The van der Waals surface area contributed by atoms with E-state index in [1.807, 2.05) is 0 Å². The Balaban J connectivity index is 2.29. The molecule has 0 aromatic carbocycles. The Bertz CT molecular complexity index is 878. The monoisotopic (exact) mass is 443 g/mol. The molecule has 1 atom stereocenters. The summed E-state index contributed by atoms with van der Waals surface area (Å²) in [6, 6.07) is 0. The zero-order valence-electron chi connectivity index (χ0n) is 21.0. The Morgan fingerprint density at radius 1 is 1.29 bits per heavy atom. The van der Waals surface area contributed by atoms with E-state index in [1.165, 1.54) is 11.1 Å². The molecule has 1 aliphatic carbocycles. The van der Waals surface area contributed by atoms with Crippen LogP contribution in [0.1, 0.15) is 106 Å². The number of nitrogens with zero attached hydrogens (tertiary/aromatic N) is 1. The molecule has 172 valence electrons. The highest BCUT2D eigenvalue weighted by atomic mass is 28.4. The van der Waals surface area contributed by atoms with Crippen molar-refractivity contribution in [3.8, 4) is 0 Å². The first kappa shape index (κ1) is 24.3. The second-order valence-electron chi connectivity index (χ2n) is 11.9. The maximum absolute atomic E-state index is 12.4. The van der Waals surface area contributed by atoms with Crippen molar-refractivity contribution < 1.29 is 14.0 Å². The summed E-state index contributed by atoms with van der Waals surface area (Å²) in [5.74, 6) is 0.189. The second-order valence-corrected chi connectivity index (χ2v) is 16.6. The standard InChI is InChI=1S/C26H41NO3Si/c1-17(2)24-19(16-28)22(18-10-12-29-13-11-18)23-20(27-24)14-26(6,7)15-21(23)30-31(8,9)25(3,4)5/h10,16-17,21H,11-15H2,1-9H3/t21-/m0/s1. The molecule has 0 N–H and O–H groups in total. The summed E-state index contributed by atoms with van der Waals surface area (Å²) < 4.78 is 12.7. The summed E-state index contributed by atoms with van der Waals surface area (Å²) >= 11 is 0. The van der Waals surface area contributed by atoms with Crippen molar-refractivity contribution >= 4 is 20.2 Å².